The SMILES string of the molecule is CCCCCCCCCCCCOCCOCCCS(=O)(=O)O. The minimum Gasteiger partial charge on any atom is -0.379 e. The van der Waals surface area contributed by atoms with Gasteiger partial charge in [-0.05, 0) is 12.8 Å². The van der Waals surface area contributed by atoms with Gasteiger partial charge in [-0.1, -0.05) is 64.7 Å². The van der Waals surface area contributed by atoms with Crippen LogP contribution >= 0.6 is 0 Å². The highest BCUT2D eigenvalue weighted by atomic mass is 32.2. The second-order valence-corrected chi connectivity index (χ2v) is 7.62. The van der Waals surface area contributed by atoms with Crippen LogP contribution in [0.2, 0.25) is 0 Å². The van der Waals surface area contributed by atoms with Gasteiger partial charge in [-0.25, -0.2) is 0 Å². The summed E-state index contributed by atoms with van der Waals surface area (Å²) in [4.78, 5) is 0. The number of unbranched alkanes of at least 4 members (excludes halogenated alkanes) is 9. The van der Waals surface area contributed by atoms with E-state index in [0.717, 1.165) is 13.0 Å². The van der Waals surface area contributed by atoms with Gasteiger partial charge in [0, 0.05) is 13.2 Å². The summed E-state index contributed by atoms with van der Waals surface area (Å²) < 4.78 is 40.2. The number of hydrogen-bond donors (Lipinski definition) is 1. The van der Waals surface area contributed by atoms with E-state index in [4.69, 9.17) is 14.0 Å². The summed E-state index contributed by atoms with van der Waals surface area (Å²) in [5.41, 5.74) is 0. The molecule has 0 aliphatic carbocycles. The molecule has 0 aromatic rings. The van der Waals surface area contributed by atoms with Crippen molar-refractivity contribution in [1.82, 2.24) is 0 Å². The lowest BCUT2D eigenvalue weighted by Crippen LogP contribution is -2.10. The van der Waals surface area contributed by atoms with Crippen molar-refractivity contribution in [3.05, 3.63) is 0 Å². The third kappa shape index (κ3) is 21.8. The van der Waals surface area contributed by atoms with Crippen molar-refractivity contribution in [2.75, 3.05) is 32.2 Å². The van der Waals surface area contributed by atoms with Crippen LogP contribution in [0.3, 0.4) is 0 Å². The topological polar surface area (TPSA) is 72.8 Å². The van der Waals surface area contributed by atoms with Gasteiger partial charge in [0.05, 0.1) is 19.0 Å². The Hall–Kier alpha value is -0.170. The first-order valence-corrected chi connectivity index (χ1v) is 10.8. The van der Waals surface area contributed by atoms with Gasteiger partial charge >= 0.3 is 0 Å². The second kappa shape index (κ2) is 16.7. The van der Waals surface area contributed by atoms with Gasteiger partial charge in [-0.3, -0.25) is 4.55 Å². The van der Waals surface area contributed by atoms with Crippen molar-refractivity contribution in [3.63, 3.8) is 0 Å². The lowest BCUT2D eigenvalue weighted by atomic mass is 10.1. The summed E-state index contributed by atoms with van der Waals surface area (Å²) >= 11 is 0. The Bertz CT molecular complexity index is 330. The molecular formula is C17H36O5S. The van der Waals surface area contributed by atoms with Gasteiger partial charge in [0.1, 0.15) is 0 Å². The zero-order chi connectivity index (χ0) is 17.2. The van der Waals surface area contributed by atoms with Gasteiger partial charge in [0.15, 0.2) is 0 Å². The van der Waals surface area contributed by atoms with E-state index in [-0.39, 0.29) is 5.75 Å². The van der Waals surface area contributed by atoms with Crippen LogP contribution in [0.4, 0.5) is 0 Å². The fourth-order valence-electron chi connectivity index (χ4n) is 2.36. The minimum absolute atomic E-state index is 0.244. The maximum absolute atomic E-state index is 10.5. The molecule has 140 valence electrons. The molecular weight excluding hydrogens is 316 g/mol. The normalized spacial score (nSPS) is 11.9. The molecule has 0 aromatic carbocycles. The van der Waals surface area contributed by atoms with Gasteiger partial charge < -0.3 is 9.47 Å². The van der Waals surface area contributed by atoms with Crippen LogP contribution in [0.15, 0.2) is 0 Å². The fourth-order valence-corrected chi connectivity index (χ4v) is 2.84. The summed E-state index contributed by atoms with van der Waals surface area (Å²) in [5, 5.41) is 0. The number of hydrogen-bond acceptors (Lipinski definition) is 4. The Labute approximate surface area is 142 Å². The van der Waals surface area contributed by atoms with Crippen LogP contribution in [0.5, 0.6) is 0 Å². The van der Waals surface area contributed by atoms with Crippen LogP contribution in [0.1, 0.15) is 77.6 Å². The number of rotatable bonds is 18. The Balaban J connectivity index is 3.03. The second-order valence-electron chi connectivity index (χ2n) is 6.05. The quantitative estimate of drug-likeness (QED) is 0.295. The van der Waals surface area contributed by atoms with Gasteiger partial charge in [0.2, 0.25) is 0 Å². The van der Waals surface area contributed by atoms with Crippen LogP contribution in [-0.2, 0) is 19.6 Å². The summed E-state index contributed by atoms with van der Waals surface area (Å²) in [5.74, 6) is -0.244. The van der Waals surface area contributed by atoms with Crippen LogP contribution in [0.25, 0.3) is 0 Å². The highest BCUT2D eigenvalue weighted by Gasteiger charge is 2.02. The van der Waals surface area contributed by atoms with Crippen molar-refractivity contribution in [2.45, 2.75) is 77.6 Å². The largest absolute Gasteiger partial charge is 0.379 e. The van der Waals surface area contributed by atoms with E-state index >= 15 is 0 Å². The monoisotopic (exact) mass is 352 g/mol. The molecule has 23 heavy (non-hydrogen) atoms. The molecule has 0 fully saturated rings. The van der Waals surface area contributed by atoms with Crippen molar-refractivity contribution in [1.29, 1.82) is 0 Å². The van der Waals surface area contributed by atoms with Crippen molar-refractivity contribution in [2.24, 2.45) is 0 Å². The summed E-state index contributed by atoms with van der Waals surface area (Å²) in [6.07, 6.45) is 13.5. The predicted octanol–water partition coefficient (Wildman–Crippen LogP) is 4.22. The molecule has 0 saturated carbocycles. The molecule has 6 heteroatoms. The average Bonchev–Trinajstić information content (AvgIpc) is 2.49. The molecule has 0 heterocycles. The Morgan fingerprint density at radius 2 is 1.09 bits per heavy atom. The Morgan fingerprint density at radius 1 is 0.652 bits per heavy atom. The fraction of sp³-hybridized carbons (Fsp3) is 1.00. The molecule has 0 spiro atoms. The maximum atomic E-state index is 10.5. The van der Waals surface area contributed by atoms with Crippen LogP contribution in [-0.4, -0.2) is 45.2 Å². The Kier molecular flexibility index (Phi) is 16.6. The maximum Gasteiger partial charge on any atom is 0.264 e. The molecule has 0 aromatic heterocycles. The molecule has 0 radical (unpaired) electrons. The summed E-state index contributed by atoms with van der Waals surface area (Å²) in [7, 11) is -3.86. The van der Waals surface area contributed by atoms with E-state index in [1.165, 1.54) is 57.8 Å². The van der Waals surface area contributed by atoms with E-state index in [1.807, 2.05) is 0 Å². The lowest BCUT2D eigenvalue weighted by molar-refractivity contribution is 0.0466. The predicted molar refractivity (Wildman–Crippen MR) is 94.5 cm³/mol. The van der Waals surface area contributed by atoms with Crippen molar-refractivity contribution >= 4 is 10.1 Å². The Morgan fingerprint density at radius 3 is 1.57 bits per heavy atom. The molecule has 0 aliphatic rings. The molecule has 0 saturated heterocycles. The van der Waals surface area contributed by atoms with Gasteiger partial charge in [-0.2, -0.15) is 8.42 Å². The zero-order valence-corrected chi connectivity index (χ0v) is 15.6. The zero-order valence-electron chi connectivity index (χ0n) is 14.8. The standard InChI is InChI=1S/C17H36O5S/c1-2-3-4-5-6-7-8-9-10-11-13-21-15-16-22-14-12-17-23(18,19)20/h2-17H2,1H3,(H,18,19,20). The van der Waals surface area contributed by atoms with E-state index in [0.29, 0.717) is 26.2 Å². The molecule has 0 bridgehead atoms. The van der Waals surface area contributed by atoms with E-state index < -0.39 is 10.1 Å². The first-order chi connectivity index (χ1) is 11.1. The van der Waals surface area contributed by atoms with Crippen molar-refractivity contribution < 1.29 is 22.4 Å². The smallest absolute Gasteiger partial charge is 0.264 e. The number of ether oxygens (including phenoxy) is 2. The summed E-state index contributed by atoms with van der Waals surface area (Å²) in [6, 6.07) is 0. The minimum atomic E-state index is -3.86. The molecule has 0 aliphatic heterocycles. The van der Waals surface area contributed by atoms with Crippen LogP contribution < -0.4 is 0 Å². The average molecular weight is 353 g/mol. The van der Waals surface area contributed by atoms with Crippen LogP contribution in [0, 0.1) is 0 Å². The van der Waals surface area contributed by atoms with Gasteiger partial charge in [0.25, 0.3) is 10.1 Å². The van der Waals surface area contributed by atoms with Crippen molar-refractivity contribution in [3.8, 4) is 0 Å². The highest BCUT2D eigenvalue weighted by Crippen LogP contribution is 2.10. The van der Waals surface area contributed by atoms with E-state index in [2.05, 4.69) is 6.92 Å². The van der Waals surface area contributed by atoms with Gasteiger partial charge in [-0.15, -0.1) is 0 Å². The highest BCUT2D eigenvalue weighted by molar-refractivity contribution is 7.85. The molecule has 0 unspecified atom stereocenters. The molecule has 0 amide bonds. The first-order valence-electron chi connectivity index (χ1n) is 9.17. The third-order valence-electron chi connectivity index (χ3n) is 3.71. The van der Waals surface area contributed by atoms with E-state index in [1.54, 1.807) is 0 Å². The first kappa shape index (κ1) is 22.8. The molecule has 5 nitrogen and oxygen atoms in total. The summed E-state index contributed by atoms with van der Waals surface area (Å²) in [6.45, 7) is 4.37. The molecule has 0 atom stereocenters. The molecule has 0 rings (SSSR count). The third-order valence-corrected chi connectivity index (χ3v) is 4.51. The molecule has 1 N–H and O–H groups in total. The lowest BCUT2D eigenvalue weighted by Gasteiger charge is -2.06. The van der Waals surface area contributed by atoms with E-state index in [9.17, 15) is 8.42 Å².